The molecule has 156 valence electrons. The van der Waals surface area contributed by atoms with Crippen LogP contribution < -0.4 is 25.0 Å². The van der Waals surface area contributed by atoms with Gasteiger partial charge < -0.3 is 25.0 Å². The van der Waals surface area contributed by atoms with Crippen LogP contribution in [0.15, 0.2) is 47.6 Å². The summed E-state index contributed by atoms with van der Waals surface area (Å²) in [5, 5.41) is 7.51. The highest BCUT2D eigenvalue weighted by molar-refractivity contribution is 6.32. The first-order chi connectivity index (χ1) is 14.2. The maximum Gasteiger partial charge on any atom is 0.191 e. The highest BCUT2D eigenvalue weighted by atomic mass is 35.5. The lowest BCUT2D eigenvalue weighted by Crippen LogP contribution is -2.45. The molecule has 8 heteroatoms. The standard InChI is InChI=1S/C21H28ClN5O2/c1-23-21(25-11-5-13-29-18-7-3-6-17(14-18)28-2)26-16-9-12-27(15-16)20-19(22)8-4-10-24-20/h3-4,6-8,10,14,16H,5,9,11-13,15H2,1-2H3,(H2,23,25,26). The van der Waals surface area contributed by atoms with E-state index in [0.717, 1.165) is 55.8 Å². The smallest absolute Gasteiger partial charge is 0.191 e. The molecule has 1 aliphatic heterocycles. The van der Waals surface area contributed by atoms with E-state index in [1.54, 1.807) is 20.4 Å². The van der Waals surface area contributed by atoms with Gasteiger partial charge >= 0.3 is 0 Å². The first-order valence-corrected chi connectivity index (χ1v) is 10.2. The van der Waals surface area contributed by atoms with Crippen molar-refractivity contribution in [1.29, 1.82) is 0 Å². The molecule has 2 heterocycles. The number of ether oxygens (including phenoxy) is 2. The lowest BCUT2D eigenvalue weighted by Gasteiger charge is -2.20. The van der Waals surface area contributed by atoms with Crippen molar-refractivity contribution in [1.82, 2.24) is 15.6 Å². The molecule has 0 saturated carbocycles. The Bertz CT molecular complexity index is 817. The van der Waals surface area contributed by atoms with E-state index in [4.69, 9.17) is 21.1 Å². The van der Waals surface area contributed by atoms with E-state index in [-0.39, 0.29) is 0 Å². The van der Waals surface area contributed by atoms with Gasteiger partial charge in [-0.1, -0.05) is 17.7 Å². The topological polar surface area (TPSA) is 71.0 Å². The number of hydrogen-bond donors (Lipinski definition) is 2. The summed E-state index contributed by atoms with van der Waals surface area (Å²) in [4.78, 5) is 10.9. The SMILES string of the molecule is CN=C(NCCCOc1cccc(OC)c1)NC1CCN(c2ncccc2Cl)C1. The predicted octanol–water partition coefficient (Wildman–Crippen LogP) is 2.96. The second-order valence-corrected chi connectivity index (χ2v) is 7.17. The molecule has 1 aromatic heterocycles. The van der Waals surface area contributed by atoms with Gasteiger partial charge in [0.25, 0.3) is 0 Å². The number of hydrogen-bond acceptors (Lipinski definition) is 5. The van der Waals surface area contributed by atoms with Crippen LogP contribution in [-0.4, -0.2) is 57.4 Å². The molecule has 1 aliphatic rings. The molecule has 1 atom stereocenters. The van der Waals surface area contributed by atoms with Crippen LogP contribution in [0, 0.1) is 0 Å². The summed E-state index contributed by atoms with van der Waals surface area (Å²) < 4.78 is 11.0. The van der Waals surface area contributed by atoms with E-state index in [9.17, 15) is 0 Å². The second-order valence-electron chi connectivity index (χ2n) is 6.76. The number of halogens is 1. The second kappa shape index (κ2) is 10.8. The molecule has 0 amide bonds. The molecule has 1 aromatic carbocycles. The molecular formula is C21H28ClN5O2. The van der Waals surface area contributed by atoms with Gasteiger partial charge in [-0.25, -0.2) is 4.98 Å². The van der Waals surface area contributed by atoms with Gasteiger partial charge in [0.15, 0.2) is 5.96 Å². The highest BCUT2D eigenvalue weighted by Crippen LogP contribution is 2.25. The van der Waals surface area contributed by atoms with E-state index < -0.39 is 0 Å². The fourth-order valence-corrected chi connectivity index (χ4v) is 3.47. The van der Waals surface area contributed by atoms with Crippen LogP contribution in [0.5, 0.6) is 11.5 Å². The third-order valence-corrected chi connectivity index (χ3v) is 5.01. The highest BCUT2D eigenvalue weighted by Gasteiger charge is 2.25. The zero-order valence-corrected chi connectivity index (χ0v) is 17.7. The van der Waals surface area contributed by atoms with Gasteiger partial charge in [-0.2, -0.15) is 0 Å². The Morgan fingerprint density at radius 2 is 2.17 bits per heavy atom. The third-order valence-electron chi connectivity index (χ3n) is 4.71. The van der Waals surface area contributed by atoms with Crippen molar-refractivity contribution in [2.45, 2.75) is 18.9 Å². The van der Waals surface area contributed by atoms with Gasteiger partial charge in [0.05, 0.1) is 18.7 Å². The molecule has 1 unspecified atom stereocenters. The predicted molar refractivity (Wildman–Crippen MR) is 117 cm³/mol. The van der Waals surface area contributed by atoms with Crippen LogP contribution in [0.4, 0.5) is 5.82 Å². The minimum Gasteiger partial charge on any atom is -0.497 e. The Morgan fingerprint density at radius 3 is 2.97 bits per heavy atom. The monoisotopic (exact) mass is 417 g/mol. The van der Waals surface area contributed by atoms with Gasteiger partial charge in [-0.15, -0.1) is 0 Å². The van der Waals surface area contributed by atoms with Crippen molar-refractivity contribution < 1.29 is 9.47 Å². The Kier molecular flexibility index (Phi) is 7.81. The van der Waals surface area contributed by atoms with Crippen molar-refractivity contribution in [2.24, 2.45) is 4.99 Å². The van der Waals surface area contributed by atoms with Crippen LogP contribution in [0.2, 0.25) is 5.02 Å². The van der Waals surface area contributed by atoms with Crippen molar-refractivity contribution in [3.63, 3.8) is 0 Å². The van der Waals surface area contributed by atoms with Crippen molar-refractivity contribution >= 4 is 23.4 Å². The average molecular weight is 418 g/mol. The summed E-state index contributed by atoms with van der Waals surface area (Å²) in [5.41, 5.74) is 0. The Labute approximate surface area is 177 Å². The van der Waals surface area contributed by atoms with E-state index >= 15 is 0 Å². The minimum absolute atomic E-state index is 0.298. The summed E-state index contributed by atoms with van der Waals surface area (Å²) in [6.45, 7) is 3.15. The Hall–Kier alpha value is -2.67. The van der Waals surface area contributed by atoms with Crippen LogP contribution in [0.25, 0.3) is 0 Å². The number of aromatic nitrogens is 1. The Balaban J connectivity index is 1.37. The van der Waals surface area contributed by atoms with E-state index in [1.165, 1.54) is 0 Å². The van der Waals surface area contributed by atoms with Crippen molar-refractivity contribution in [3.05, 3.63) is 47.6 Å². The van der Waals surface area contributed by atoms with Crippen LogP contribution in [-0.2, 0) is 0 Å². The number of anilines is 1. The molecule has 2 aromatic rings. The fraction of sp³-hybridized carbons (Fsp3) is 0.429. The average Bonchev–Trinajstić information content (AvgIpc) is 3.21. The Morgan fingerprint density at radius 1 is 1.31 bits per heavy atom. The largest absolute Gasteiger partial charge is 0.497 e. The number of benzene rings is 1. The number of methoxy groups -OCH3 is 1. The molecule has 0 bridgehead atoms. The molecule has 2 N–H and O–H groups in total. The number of nitrogens with zero attached hydrogens (tertiary/aromatic N) is 3. The summed E-state index contributed by atoms with van der Waals surface area (Å²) in [7, 11) is 3.43. The lowest BCUT2D eigenvalue weighted by atomic mass is 10.3. The van der Waals surface area contributed by atoms with Gasteiger partial charge in [-0.3, -0.25) is 4.99 Å². The molecule has 0 spiro atoms. The summed E-state index contributed by atoms with van der Waals surface area (Å²) >= 11 is 6.26. The number of guanidine groups is 1. The first kappa shape index (κ1) is 21.0. The first-order valence-electron chi connectivity index (χ1n) is 9.79. The lowest BCUT2D eigenvalue weighted by molar-refractivity contribution is 0.308. The van der Waals surface area contributed by atoms with Crippen LogP contribution >= 0.6 is 11.6 Å². The summed E-state index contributed by atoms with van der Waals surface area (Å²) in [5.74, 6) is 3.25. The van der Waals surface area contributed by atoms with Gasteiger partial charge in [0, 0.05) is 45.0 Å². The van der Waals surface area contributed by atoms with E-state index in [2.05, 4.69) is 25.5 Å². The van der Waals surface area contributed by atoms with Crippen molar-refractivity contribution in [2.75, 3.05) is 45.3 Å². The van der Waals surface area contributed by atoms with Crippen LogP contribution in [0.3, 0.4) is 0 Å². The number of rotatable bonds is 8. The maximum absolute atomic E-state index is 6.26. The van der Waals surface area contributed by atoms with Crippen molar-refractivity contribution in [3.8, 4) is 11.5 Å². The zero-order valence-electron chi connectivity index (χ0n) is 16.9. The quantitative estimate of drug-likeness (QED) is 0.391. The molecular weight excluding hydrogens is 390 g/mol. The normalized spacial score (nSPS) is 16.6. The molecule has 0 aliphatic carbocycles. The third kappa shape index (κ3) is 6.15. The molecule has 1 fully saturated rings. The molecule has 1 saturated heterocycles. The minimum atomic E-state index is 0.298. The zero-order chi connectivity index (χ0) is 20.5. The number of pyridine rings is 1. The van der Waals surface area contributed by atoms with Gasteiger partial charge in [0.2, 0.25) is 0 Å². The summed E-state index contributed by atoms with van der Waals surface area (Å²) in [6.07, 6.45) is 3.64. The van der Waals surface area contributed by atoms with Gasteiger partial charge in [0.1, 0.15) is 17.3 Å². The molecule has 29 heavy (non-hydrogen) atoms. The number of aliphatic imine (C=N–C) groups is 1. The molecule has 7 nitrogen and oxygen atoms in total. The number of nitrogens with one attached hydrogen (secondary N) is 2. The van der Waals surface area contributed by atoms with Gasteiger partial charge in [-0.05, 0) is 37.1 Å². The summed E-state index contributed by atoms with van der Waals surface area (Å²) in [6, 6.07) is 11.6. The fourth-order valence-electron chi connectivity index (χ4n) is 3.23. The van der Waals surface area contributed by atoms with E-state index in [0.29, 0.717) is 17.7 Å². The maximum atomic E-state index is 6.26. The van der Waals surface area contributed by atoms with E-state index in [1.807, 2.05) is 36.4 Å². The molecule has 3 rings (SSSR count). The molecule has 0 radical (unpaired) electrons. The van der Waals surface area contributed by atoms with Crippen LogP contribution in [0.1, 0.15) is 12.8 Å².